The van der Waals surface area contributed by atoms with Gasteiger partial charge in [0.25, 0.3) is 0 Å². The fourth-order valence-corrected chi connectivity index (χ4v) is 3.05. The number of hydrogen-bond acceptors (Lipinski definition) is 3. The van der Waals surface area contributed by atoms with Gasteiger partial charge in [0.2, 0.25) is 0 Å². The van der Waals surface area contributed by atoms with E-state index in [9.17, 15) is 9.90 Å². The van der Waals surface area contributed by atoms with Crippen molar-refractivity contribution >= 4 is 11.7 Å². The highest BCUT2D eigenvalue weighted by molar-refractivity contribution is 5.90. The Morgan fingerprint density at radius 3 is 2.62 bits per heavy atom. The fourth-order valence-electron chi connectivity index (χ4n) is 3.05. The quantitative estimate of drug-likeness (QED) is 0.828. The van der Waals surface area contributed by atoms with Gasteiger partial charge < -0.3 is 20.1 Å². The first-order chi connectivity index (χ1) is 11.3. The van der Waals surface area contributed by atoms with Crippen molar-refractivity contribution < 1.29 is 14.6 Å². The third-order valence-electron chi connectivity index (χ3n) is 4.37. The lowest BCUT2D eigenvalue weighted by Crippen LogP contribution is -2.44. The van der Waals surface area contributed by atoms with Gasteiger partial charge in [0.15, 0.2) is 0 Å². The summed E-state index contributed by atoms with van der Waals surface area (Å²) in [6.07, 6.45) is 4.94. The number of anilines is 1. The zero-order chi connectivity index (χ0) is 17.7. The van der Waals surface area contributed by atoms with Gasteiger partial charge in [-0.2, -0.15) is 0 Å². The van der Waals surface area contributed by atoms with E-state index in [1.54, 1.807) is 18.7 Å². The standard InChI is InChI=1S/C19H30N2O3/c1-5-21(13-19(3,4)23)18(22)20-16-11-8-12-17(14(16)2)24-15-9-6-7-10-15/h8,11-12,15,23H,5-7,9-10,13H2,1-4H3,(H,20,22). The zero-order valence-electron chi connectivity index (χ0n) is 15.3. The van der Waals surface area contributed by atoms with Gasteiger partial charge in [-0.1, -0.05) is 6.07 Å². The van der Waals surface area contributed by atoms with E-state index in [1.165, 1.54) is 12.8 Å². The van der Waals surface area contributed by atoms with Crippen molar-refractivity contribution in [3.63, 3.8) is 0 Å². The van der Waals surface area contributed by atoms with Gasteiger partial charge in [-0.3, -0.25) is 0 Å². The average Bonchev–Trinajstić information content (AvgIpc) is 3.01. The molecule has 0 bridgehead atoms. The molecular weight excluding hydrogens is 304 g/mol. The van der Waals surface area contributed by atoms with Gasteiger partial charge in [0.05, 0.1) is 18.2 Å². The second kappa shape index (κ2) is 7.88. The summed E-state index contributed by atoms with van der Waals surface area (Å²) in [6.45, 7) is 8.08. The van der Waals surface area contributed by atoms with Crippen LogP contribution in [0.5, 0.6) is 5.75 Å². The van der Waals surface area contributed by atoms with E-state index >= 15 is 0 Å². The van der Waals surface area contributed by atoms with Crippen molar-refractivity contribution in [3.8, 4) is 5.75 Å². The number of carbonyl (C=O) groups excluding carboxylic acids is 1. The Hall–Kier alpha value is -1.75. The molecule has 0 unspecified atom stereocenters. The Balaban J connectivity index is 2.06. The van der Waals surface area contributed by atoms with E-state index in [4.69, 9.17) is 4.74 Å². The number of ether oxygens (including phenoxy) is 1. The van der Waals surface area contributed by atoms with Crippen LogP contribution in [0.1, 0.15) is 52.0 Å². The maximum atomic E-state index is 12.5. The Kier molecular flexibility index (Phi) is 6.10. The van der Waals surface area contributed by atoms with Crippen LogP contribution in [0.15, 0.2) is 18.2 Å². The van der Waals surface area contributed by atoms with Crippen LogP contribution < -0.4 is 10.1 Å². The molecule has 1 aliphatic rings. The first-order valence-corrected chi connectivity index (χ1v) is 8.84. The Labute approximate surface area is 145 Å². The minimum absolute atomic E-state index is 0.208. The fraction of sp³-hybridized carbons (Fsp3) is 0.632. The number of benzene rings is 1. The topological polar surface area (TPSA) is 61.8 Å². The van der Waals surface area contributed by atoms with Gasteiger partial charge in [0.1, 0.15) is 5.75 Å². The van der Waals surface area contributed by atoms with E-state index in [2.05, 4.69) is 5.32 Å². The molecule has 0 saturated heterocycles. The van der Waals surface area contributed by atoms with Crippen LogP contribution in [0, 0.1) is 6.92 Å². The molecule has 1 aromatic carbocycles. The van der Waals surface area contributed by atoms with E-state index in [0.29, 0.717) is 6.54 Å². The molecule has 0 aliphatic heterocycles. The molecule has 0 atom stereocenters. The summed E-state index contributed by atoms with van der Waals surface area (Å²) in [5.41, 5.74) is 0.775. The van der Waals surface area contributed by atoms with Gasteiger partial charge in [-0.15, -0.1) is 0 Å². The molecule has 0 aromatic heterocycles. The maximum Gasteiger partial charge on any atom is 0.321 e. The summed E-state index contributed by atoms with van der Waals surface area (Å²) in [5.74, 6) is 0.838. The Bertz CT molecular complexity index is 560. The molecule has 1 aromatic rings. The van der Waals surface area contributed by atoms with Crippen molar-refractivity contribution in [1.82, 2.24) is 4.90 Å². The summed E-state index contributed by atoms with van der Waals surface area (Å²) in [6, 6.07) is 5.53. The number of urea groups is 1. The van der Waals surface area contributed by atoms with Gasteiger partial charge >= 0.3 is 6.03 Å². The Morgan fingerprint density at radius 2 is 2.04 bits per heavy atom. The van der Waals surface area contributed by atoms with E-state index in [0.717, 1.165) is 29.8 Å². The molecule has 2 amide bonds. The molecule has 2 N–H and O–H groups in total. The molecule has 0 spiro atoms. The molecule has 0 heterocycles. The molecule has 1 aliphatic carbocycles. The molecule has 5 nitrogen and oxygen atoms in total. The predicted octanol–water partition coefficient (Wildman–Crippen LogP) is 3.94. The van der Waals surface area contributed by atoms with Gasteiger partial charge in [-0.05, 0) is 65.5 Å². The van der Waals surface area contributed by atoms with E-state index in [-0.39, 0.29) is 18.7 Å². The van der Waals surface area contributed by atoms with Crippen molar-refractivity contribution in [2.24, 2.45) is 0 Å². The third kappa shape index (κ3) is 5.13. The van der Waals surface area contributed by atoms with Crippen molar-refractivity contribution in [3.05, 3.63) is 23.8 Å². The summed E-state index contributed by atoms with van der Waals surface area (Å²) in [7, 11) is 0. The molecule has 24 heavy (non-hydrogen) atoms. The number of hydrogen-bond donors (Lipinski definition) is 2. The molecular formula is C19H30N2O3. The predicted molar refractivity (Wildman–Crippen MR) is 96.6 cm³/mol. The average molecular weight is 334 g/mol. The Morgan fingerprint density at radius 1 is 1.38 bits per heavy atom. The van der Waals surface area contributed by atoms with Crippen LogP contribution in [0.3, 0.4) is 0 Å². The van der Waals surface area contributed by atoms with Crippen molar-refractivity contribution in [2.45, 2.75) is 65.1 Å². The molecule has 1 saturated carbocycles. The highest BCUT2D eigenvalue weighted by atomic mass is 16.5. The van der Waals surface area contributed by atoms with E-state index < -0.39 is 5.60 Å². The van der Waals surface area contributed by atoms with Crippen molar-refractivity contribution in [1.29, 1.82) is 0 Å². The van der Waals surface area contributed by atoms with Crippen LogP contribution in [0.2, 0.25) is 0 Å². The van der Waals surface area contributed by atoms with Crippen LogP contribution in [-0.2, 0) is 0 Å². The number of nitrogens with zero attached hydrogens (tertiary/aromatic N) is 1. The first-order valence-electron chi connectivity index (χ1n) is 8.84. The van der Waals surface area contributed by atoms with E-state index in [1.807, 2.05) is 32.0 Å². The smallest absolute Gasteiger partial charge is 0.321 e. The second-order valence-corrected chi connectivity index (χ2v) is 7.21. The summed E-state index contributed by atoms with van der Waals surface area (Å²) < 4.78 is 6.09. The monoisotopic (exact) mass is 334 g/mol. The van der Waals surface area contributed by atoms with Crippen LogP contribution in [0.4, 0.5) is 10.5 Å². The lowest BCUT2D eigenvalue weighted by Gasteiger charge is -2.28. The second-order valence-electron chi connectivity index (χ2n) is 7.21. The highest BCUT2D eigenvalue weighted by Gasteiger charge is 2.22. The molecule has 0 radical (unpaired) electrons. The largest absolute Gasteiger partial charge is 0.490 e. The SMILES string of the molecule is CCN(CC(C)(C)O)C(=O)Nc1cccc(OC2CCCC2)c1C. The number of amides is 2. The normalized spacial score (nSPS) is 15.4. The summed E-state index contributed by atoms with van der Waals surface area (Å²) >= 11 is 0. The van der Waals surface area contributed by atoms with Gasteiger partial charge in [0, 0.05) is 17.8 Å². The third-order valence-corrected chi connectivity index (χ3v) is 4.37. The summed E-state index contributed by atoms with van der Waals surface area (Å²) in [5, 5.41) is 12.9. The zero-order valence-corrected chi connectivity index (χ0v) is 15.3. The van der Waals surface area contributed by atoms with Crippen LogP contribution >= 0.6 is 0 Å². The number of likely N-dealkylation sites (N-methyl/N-ethyl adjacent to an activating group) is 1. The molecule has 1 fully saturated rings. The number of rotatable bonds is 6. The summed E-state index contributed by atoms with van der Waals surface area (Å²) in [4.78, 5) is 14.1. The minimum Gasteiger partial charge on any atom is -0.490 e. The lowest BCUT2D eigenvalue weighted by atomic mass is 10.1. The van der Waals surface area contributed by atoms with Crippen LogP contribution in [0.25, 0.3) is 0 Å². The maximum absolute atomic E-state index is 12.5. The minimum atomic E-state index is -0.921. The van der Waals surface area contributed by atoms with Gasteiger partial charge in [-0.25, -0.2) is 4.79 Å². The van der Waals surface area contributed by atoms with Crippen molar-refractivity contribution in [2.75, 3.05) is 18.4 Å². The number of carbonyl (C=O) groups is 1. The highest BCUT2D eigenvalue weighted by Crippen LogP contribution is 2.30. The number of nitrogens with one attached hydrogen (secondary N) is 1. The molecule has 134 valence electrons. The molecule has 2 rings (SSSR count). The first kappa shape index (κ1) is 18.6. The lowest BCUT2D eigenvalue weighted by molar-refractivity contribution is 0.0501. The molecule has 5 heteroatoms. The number of aliphatic hydroxyl groups is 1. The van der Waals surface area contributed by atoms with Crippen LogP contribution in [-0.4, -0.2) is 40.8 Å².